The second-order valence-electron chi connectivity index (χ2n) is 3.38. The summed E-state index contributed by atoms with van der Waals surface area (Å²) < 4.78 is 0. The molecule has 0 aromatic rings. The van der Waals surface area contributed by atoms with Gasteiger partial charge in [-0.25, -0.2) is 0 Å². The number of unbranched alkanes of at least 4 members (excludes halogenated alkanes) is 1. The van der Waals surface area contributed by atoms with E-state index in [1.165, 1.54) is 0 Å². The molecule has 0 radical (unpaired) electrons. The zero-order chi connectivity index (χ0) is 10.2. The molecule has 0 amide bonds. The highest BCUT2D eigenvalue weighted by molar-refractivity contribution is 4.87. The van der Waals surface area contributed by atoms with Crippen molar-refractivity contribution in [3.8, 4) is 12.3 Å². The molecule has 0 heterocycles. The van der Waals surface area contributed by atoms with Crippen molar-refractivity contribution in [2.24, 2.45) is 0 Å². The van der Waals surface area contributed by atoms with Crippen LogP contribution in [0.2, 0.25) is 0 Å². The van der Waals surface area contributed by atoms with Crippen LogP contribution in [0.15, 0.2) is 0 Å². The molecule has 0 saturated heterocycles. The van der Waals surface area contributed by atoms with E-state index in [-0.39, 0.29) is 12.1 Å². The van der Waals surface area contributed by atoms with Crippen LogP contribution >= 0.6 is 0 Å². The van der Waals surface area contributed by atoms with E-state index in [0.717, 1.165) is 32.2 Å². The maximum Gasteiger partial charge on any atom is 0.0613 e. The minimum atomic E-state index is -0.0887. The van der Waals surface area contributed by atoms with Crippen LogP contribution < -0.4 is 5.32 Å². The lowest BCUT2D eigenvalue weighted by Crippen LogP contribution is -2.47. The number of terminal acetylenes is 1. The Kier molecular flexibility index (Phi) is 6.66. The smallest absolute Gasteiger partial charge is 0.0613 e. The Morgan fingerprint density at radius 3 is 2.38 bits per heavy atom. The maximum atomic E-state index is 9.23. The maximum absolute atomic E-state index is 9.23. The van der Waals surface area contributed by atoms with E-state index < -0.39 is 0 Å². The number of aliphatic hydroxyl groups excluding tert-OH is 1. The monoisotopic (exact) mass is 183 g/mol. The fourth-order valence-corrected chi connectivity index (χ4v) is 1.32. The second-order valence-corrected chi connectivity index (χ2v) is 3.38. The molecule has 2 nitrogen and oxygen atoms in total. The molecule has 0 aliphatic heterocycles. The summed E-state index contributed by atoms with van der Waals surface area (Å²) >= 11 is 0. The molecule has 0 fully saturated rings. The van der Waals surface area contributed by atoms with Crippen LogP contribution in [0.4, 0.5) is 0 Å². The number of hydrogen-bond acceptors (Lipinski definition) is 2. The molecule has 0 aromatic carbocycles. The summed E-state index contributed by atoms with van der Waals surface area (Å²) in [5.41, 5.74) is -0.0887. The van der Waals surface area contributed by atoms with Gasteiger partial charge in [-0.3, -0.25) is 0 Å². The van der Waals surface area contributed by atoms with E-state index in [1.807, 2.05) is 0 Å². The van der Waals surface area contributed by atoms with Crippen LogP contribution in [0, 0.1) is 12.3 Å². The van der Waals surface area contributed by atoms with Gasteiger partial charge in [0.05, 0.1) is 6.61 Å². The Morgan fingerprint density at radius 1 is 1.38 bits per heavy atom. The van der Waals surface area contributed by atoms with Crippen molar-refractivity contribution < 1.29 is 5.11 Å². The number of aliphatic hydroxyl groups is 1. The highest BCUT2D eigenvalue weighted by Gasteiger charge is 2.23. The summed E-state index contributed by atoms with van der Waals surface area (Å²) in [6, 6.07) is 0. The van der Waals surface area contributed by atoms with Gasteiger partial charge < -0.3 is 10.4 Å². The average Bonchev–Trinajstić information content (AvgIpc) is 2.20. The standard InChI is InChI=1S/C11H21NO/c1-4-7-8-9-12-11(5-2,6-3)10-13/h1,12-13H,5-10H2,2-3H3. The van der Waals surface area contributed by atoms with Gasteiger partial charge in [0.25, 0.3) is 0 Å². The molecule has 0 aromatic heterocycles. The van der Waals surface area contributed by atoms with E-state index in [0.29, 0.717) is 0 Å². The van der Waals surface area contributed by atoms with Crippen molar-refractivity contribution in [3.63, 3.8) is 0 Å². The minimum Gasteiger partial charge on any atom is -0.394 e. The predicted octanol–water partition coefficient (Wildman–Crippen LogP) is 1.54. The Labute approximate surface area is 81.7 Å². The molecule has 0 atom stereocenters. The number of rotatable bonds is 7. The van der Waals surface area contributed by atoms with E-state index >= 15 is 0 Å². The van der Waals surface area contributed by atoms with Gasteiger partial charge in [-0.05, 0) is 25.8 Å². The van der Waals surface area contributed by atoms with Crippen molar-refractivity contribution in [3.05, 3.63) is 0 Å². The molecule has 0 aliphatic rings. The summed E-state index contributed by atoms with van der Waals surface area (Å²) in [5, 5.41) is 12.6. The largest absolute Gasteiger partial charge is 0.394 e. The zero-order valence-electron chi connectivity index (χ0n) is 8.77. The van der Waals surface area contributed by atoms with Crippen LogP contribution in [0.5, 0.6) is 0 Å². The summed E-state index contributed by atoms with van der Waals surface area (Å²) in [4.78, 5) is 0. The molecule has 13 heavy (non-hydrogen) atoms. The van der Waals surface area contributed by atoms with Crippen LogP contribution in [0.3, 0.4) is 0 Å². The van der Waals surface area contributed by atoms with Crippen LogP contribution in [0.1, 0.15) is 39.5 Å². The van der Waals surface area contributed by atoms with Gasteiger partial charge in [0, 0.05) is 12.0 Å². The first-order chi connectivity index (χ1) is 6.24. The molecule has 0 bridgehead atoms. The highest BCUT2D eigenvalue weighted by Crippen LogP contribution is 2.13. The lowest BCUT2D eigenvalue weighted by Gasteiger charge is -2.30. The van der Waals surface area contributed by atoms with E-state index in [2.05, 4.69) is 25.1 Å². The third-order valence-corrected chi connectivity index (χ3v) is 2.65. The van der Waals surface area contributed by atoms with Gasteiger partial charge in [-0.15, -0.1) is 12.3 Å². The van der Waals surface area contributed by atoms with Crippen molar-refractivity contribution >= 4 is 0 Å². The summed E-state index contributed by atoms with van der Waals surface area (Å²) in [7, 11) is 0. The van der Waals surface area contributed by atoms with Crippen molar-refractivity contribution in [1.29, 1.82) is 0 Å². The Morgan fingerprint density at radius 2 is 2.00 bits per heavy atom. The Balaban J connectivity index is 3.76. The molecule has 0 saturated carbocycles. The van der Waals surface area contributed by atoms with Gasteiger partial charge in [0.2, 0.25) is 0 Å². The van der Waals surface area contributed by atoms with Gasteiger partial charge >= 0.3 is 0 Å². The lowest BCUT2D eigenvalue weighted by atomic mass is 9.94. The van der Waals surface area contributed by atoms with Crippen molar-refractivity contribution in [2.75, 3.05) is 13.2 Å². The Hall–Kier alpha value is -0.520. The predicted molar refractivity (Wildman–Crippen MR) is 56.5 cm³/mol. The number of hydrogen-bond donors (Lipinski definition) is 2. The summed E-state index contributed by atoms with van der Waals surface area (Å²) in [6.45, 7) is 5.28. The Bertz CT molecular complexity index is 148. The van der Waals surface area contributed by atoms with Crippen molar-refractivity contribution in [2.45, 2.75) is 45.1 Å². The number of nitrogens with one attached hydrogen (secondary N) is 1. The quantitative estimate of drug-likeness (QED) is 0.463. The molecular weight excluding hydrogens is 162 g/mol. The van der Waals surface area contributed by atoms with Gasteiger partial charge in [0.1, 0.15) is 0 Å². The first kappa shape index (κ1) is 12.5. The first-order valence-electron chi connectivity index (χ1n) is 5.04. The minimum absolute atomic E-state index is 0.0887. The van der Waals surface area contributed by atoms with E-state index in [1.54, 1.807) is 0 Å². The molecule has 0 aliphatic carbocycles. The average molecular weight is 183 g/mol. The topological polar surface area (TPSA) is 32.3 Å². The fraction of sp³-hybridized carbons (Fsp3) is 0.818. The first-order valence-corrected chi connectivity index (χ1v) is 5.04. The van der Waals surface area contributed by atoms with Gasteiger partial charge in [-0.1, -0.05) is 13.8 Å². The van der Waals surface area contributed by atoms with Crippen LogP contribution in [0.25, 0.3) is 0 Å². The molecule has 0 unspecified atom stereocenters. The van der Waals surface area contributed by atoms with Crippen LogP contribution in [-0.4, -0.2) is 23.8 Å². The summed E-state index contributed by atoms with van der Waals surface area (Å²) in [6.07, 6.45) is 8.85. The van der Waals surface area contributed by atoms with Crippen LogP contribution in [-0.2, 0) is 0 Å². The SMILES string of the molecule is C#CCCCNC(CC)(CC)CO. The normalized spacial score (nSPS) is 11.2. The third-order valence-electron chi connectivity index (χ3n) is 2.65. The molecule has 2 N–H and O–H groups in total. The molecule has 0 spiro atoms. The zero-order valence-corrected chi connectivity index (χ0v) is 8.77. The lowest BCUT2D eigenvalue weighted by molar-refractivity contribution is 0.151. The second kappa shape index (κ2) is 6.94. The van der Waals surface area contributed by atoms with E-state index in [9.17, 15) is 5.11 Å². The fourth-order valence-electron chi connectivity index (χ4n) is 1.32. The molecule has 2 heteroatoms. The molecule has 0 rings (SSSR count). The molecule has 76 valence electrons. The summed E-state index contributed by atoms with van der Waals surface area (Å²) in [5.74, 6) is 2.61. The molecular formula is C11H21NO. The van der Waals surface area contributed by atoms with Crippen molar-refractivity contribution in [1.82, 2.24) is 5.32 Å². The highest BCUT2D eigenvalue weighted by atomic mass is 16.3. The third kappa shape index (κ3) is 4.31. The van der Waals surface area contributed by atoms with Gasteiger partial charge in [-0.2, -0.15) is 0 Å². The van der Waals surface area contributed by atoms with Gasteiger partial charge in [0.15, 0.2) is 0 Å². The van der Waals surface area contributed by atoms with E-state index in [4.69, 9.17) is 6.42 Å².